The predicted octanol–water partition coefficient (Wildman–Crippen LogP) is 2.09. The zero-order valence-corrected chi connectivity index (χ0v) is 17.7. The van der Waals surface area contributed by atoms with Crippen LogP contribution in [0.25, 0.3) is 0 Å². The van der Waals surface area contributed by atoms with Gasteiger partial charge in [-0.1, -0.05) is 18.2 Å². The predicted molar refractivity (Wildman–Crippen MR) is 113 cm³/mol. The Hall–Kier alpha value is -3.36. The van der Waals surface area contributed by atoms with Crippen molar-refractivity contribution < 1.29 is 23.9 Å². The molecule has 2 amide bonds. The quantitative estimate of drug-likeness (QED) is 0.614. The number of aromatic nitrogens is 2. The van der Waals surface area contributed by atoms with Crippen LogP contribution in [0.1, 0.15) is 26.2 Å². The maximum absolute atomic E-state index is 12.6. The topological polar surface area (TPSA) is 103 Å². The van der Waals surface area contributed by atoms with Gasteiger partial charge in [-0.25, -0.2) is 0 Å². The summed E-state index contributed by atoms with van der Waals surface area (Å²) < 4.78 is 12.1. The van der Waals surface area contributed by atoms with E-state index in [1.165, 1.54) is 10.9 Å². The molecule has 1 aromatic carbocycles. The van der Waals surface area contributed by atoms with Crippen LogP contribution in [-0.2, 0) is 25.7 Å². The van der Waals surface area contributed by atoms with Crippen molar-refractivity contribution in [2.45, 2.75) is 32.7 Å². The standard InChI is InChI=1S/C22H28N4O5/c1-2-30-22(29)17-7-6-11-25(14-17)21(28)16-26-15-18(13-23-26)24-20(27)10-12-31-19-8-4-3-5-9-19/h3-5,8-9,13,15,17H,2,6-7,10-12,14,16H2,1H3,(H,24,27)/t17-/m0/s1. The van der Waals surface area contributed by atoms with Gasteiger partial charge >= 0.3 is 5.97 Å². The Morgan fingerprint density at radius 3 is 2.81 bits per heavy atom. The monoisotopic (exact) mass is 428 g/mol. The maximum Gasteiger partial charge on any atom is 0.310 e. The summed E-state index contributed by atoms with van der Waals surface area (Å²) in [6.45, 7) is 3.39. The Morgan fingerprint density at radius 1 is 1.23 bits per heavy atom. The lowest BCUT2D eigenvalue weighted by Crippen LogP contribution is -2.44. The summed E-state index contributed by atoms with van der Waals surface area (Å²) in [7, 11) is 0. The molecule has 0 saturated carbocycles. The molecule has 1 N–H and O–H groups in total. The molecule has 31 heavy (non-hydrogen) atoms. The second-order valence-electron chi connectivity index (χ2n) is 7.32. The van der Waals surface area contributed by atoms with Gasteiger partial charge in [-0.2, -0.15) is 5.10 Å². The second-order valence-corrected chi connectivity index (χ2v) is 7.32. The van der Waals surface area contributed by atoms with Crippen molar-refractivity contribution in [2.75, 3.05) is 31.6 Å². The van der Waals surface area contributed by atoms with Gasteiger partial charge in [0, 0.05) is 19.3 Å². The van der Waals surface area contributed by atoms with E-state index in [1.807, 2.05) is 30.3 Å². The van der Waals surface area contributed by atoms with Gasteiger partial charge in [0.15, 0.2) is 0 Å². The first-order valence-electron chi connectivity index (χ1n) is 10.5. The molecule has 0 radical (unpaired) electrons. The summed E-state index contributed by atoms with van der Waals surface area (Å²) in [6, 6.07) is 9.29. The van der Waals surface area contributed by atoms with Gasteiger partial charge in [0.25, 0.3) is 0 Å². The molecule has 0 aliphatic carbocycles. The summed E-state index contributed by atoms with van der Waals surface area (Å²) in [5.41, 5.74) is 0.514. The zero-order valence-electron chi connectivity index (χ0n) is 17.7. The van der Waals surface area contributed by atoms with Crippen LogP contribution < -0.4 is 10.1 Å². The van der Waals surface area contributed by atoms with Gasteiger partial charge in [0.1, 0.15) is 12.3 Å². The number of carbonyl (C=O) groups is 3. The number of nitrogens with zero attached hydrogens (tertiary/aromatic N) is 3. The molecule has 1 aliphatic heterocycles. The fraction of sp³-hybridized carbons (Fsp3) is 0.455. The molecule has 0 unspecified atom stereocenters. The highest BCUT2D eigenvalue weighted by molar-refractivity contribution is 5.90. The third-order valence-electron chi connectivity index (χ3n) is 4.95. The normalized spacial score (nSPS) is 15.9. The minimum absolute atomic E-state index is 0.0442. The van der Waals surface area contributed by atoms with Crippen molar-refractivity contribution in [2.24, 2.45) is 5.92 Å². The first-order valence-corrected chi connectivity index (χ1v) is 10.5. The molecule has 1 aliphatic rings. The lowest BCUT2D eigenvalue weighted by Gasteiger charge is -2.31. The molecule has 2 heterocycles. The van der Waals surface area contributed by atoms with Crippen molar-refractivity contribution in [1.82, 2.24) is 14.7 Å². The molecule has 9 nitrogen and oxygen atoms in total. The van der Waals surface area contributed by atoms with E-state index in [2.05, 4.69) is 10.4 Å². The minimum atomic E-state index is -0.275. The number of likely N-dealkylation sites (tertiary alicyclic amines) is 1. The van der Waals surface area contributed by atoms with Crippen LogP contribution >= 0.6 is 0 Å². The molecule has 0 bridgehead atoms. The van der Waals surface area contributed by atoms with Crippen LogP contribution in [-0.4, -0.2) is 58.8 Å². The summed E-state index contributed by atoms with van der Waals surface area (Å²) >= 11 is 0. The van der Waals surface area contributed by atoms with E-state index in [0.717, 1.165) is 12.8 Å². The van der Waals surface area contributed by atoms with Gasteiger partial charge in [0.2, 0.25) is 11.8 Å². The number of hydrogen-bond acceptors (Lipinski definition) is 6. The number of para-hydroxylation sites is 1. The molecule has 1 fully saturated rings. The lowest BCUT2D eigenvalue weighted by molar-refractivity contribution is -0.151. The van der Waals surface area contributed by atoms with Crippen molar-refractivity contribution in [3.8, 4) is 5.75 Å². The van der Waals surface area contributed by atoms with Crippen molar-refractivity contribution in [3.63, 3.8) is 0 Å². The van der Waals surface area contributed by atoms with Gasteiger partial charge in [-0.3, -0.25) is 19.1 Å². The molecule has 2 aromatic rings. The third-order valence-corrected chi connectivity index (χ3v) is 4.95. The van der Waals surface area contributed by atoms with Crippen LogP contribution in [0.3, 0.4) is 0 Å². The van der Waals surface area contributed by atoms with E-state index < -0.39 is 0 Å². The summed E-state index contributed by atoms with van der Waals surface area (Å²) in [5.74, 6) is -0.130. The number of benzene rings is 1. The fourth-order valence-electron chi connectivity index (χ4n) is 3.41. The largest absolute Gasteiger partial charge is 0.493 e. The highest BCUT2D eigenvalue weighted by Crippen LogP contribution is 2.18. The van der Waals surface area contributed by atoms with Gasteiger partial charge < -0.3 is 19.7 Å². The molecule has 1 aromatic heterocycles. The van der Waals surface area contributed by atoms with Gasteiger partial charge in [0.05, 0.1) is 37.4 Å². The summed E-state index contributed by atoms with van der Waals surface area (Å²) in [4.78, 5) is 38.3. The van der Waals surface area contributed by atoms with Crippen molar-refractivity contribution >= 4 is 23.5 Å². The van der Waals surface area contributed by atoms with Crippen molar-refractivity contribution in [1.29, 1.82) is 0 Å². The van der Waals surface area contributed by atoms with E-state index in [4.69, 9.17) is 9.47 Å². The fourth-order valence-corrected chi connectivity index (χ4v) is 3.41. The van der Waals surface area contributed by atoms with Gasteiger partial charge in [-0.05, 0) is 31.9 Å². The van der Waals surface area contributed by atoms with Crippen LogP contribution in [0.2, 0.25) is 0 Å². The number of carbonyl (C=O) groups excluding carboxylic acids is 3. The highest BCUT2D eigenvalue weighted by Gasteiger charge is 2.29. The van der Waals surface area contributed by atoms with E-state index in [0.29, 0.717) is 31.1 Å². The SMILES string of the molecule is CCOC(=O)[C@H]1CCCN(C(=O)Cn2cc(NC(=O)CCOc3ccccc3)cn2)C1. The zero-order chi connectivity index (χ0) is 22.1. The molecular formula is C22H28N4O5. The number of esters is 1. The lowest BCUT2D eigenvalue weighted by atomic mass is 9.98. The van der Waals surface area contributed by atoms with E-state index in [1.54, 1.807) is 18.0 Å². The van der Waals surface area contributed by atoms with Crippen LogP contribution in [0, 0.1) is 5.92 Å². The summed E-state index contributed by atoms with van der Waals surface area (Å²) in [6.07, 6.45) is 4.80. The van der Waals surface area contributed by atoms with Crippen molar-refractivity contribution in [3.05, 3.63) is 42.7 Å². The number of rotatable bonds is 9. The molecule has 0 spiro atoms. The Labute approximate surface area is 181 Å². The summed E-state index contributed by atoms with van der Waals surface area (Å²) in [5, 5.41) is 6.90. The Kier molecular flexibility index (Phi) is 8.03. The molecule has 1 atom stereocenters. The third kappa shape index (κ3) is 6.84. The number of hydrogen-bond donors (Lipinski definition) is 1. The Bertz CT molecular complexity index is 883. The van der Waals surface area contributed by atoms with E-state index >= 15 is 0 Å². The Morgan fingerprint density at radius 2 is 2.03 bits per heavy atom. The molecule has 9 heteroatoms. The average Bonchev–Trinajstić information content (AvgIpc) is 3.21. The molecule has 3 rings (SSSR count). The Balaban J connectivity index is 1.43. The highest BCUT2D eigenvalue weighted by atomic mass is 16.5. The second kappa shape index (κ2) is 11.1. The maximum atomic E-state index is 12.6. The average molecular weight is 428 g/mol. The molecular weight excluding hydrogens is 400 g/mol. The smallest absolute Gasteiger partial charge is 0.310 e. The molecule has 1 saturated heterocycles. The first-order chi connectivity index (χ1) is 15.0. The molecule has 166 valence electrons. The number of piperidine rings is 1. The first kappa shape index (κ1) is 22.3. The number of anilines is 1. The number of ether oxygens (including phenoxy) is 2. The number of amides is 2. The van der Waals surface area contributed by atoms with Crippen LogP contribution in [0.5, 0.6) is 5.75 Å². The minimum Gasteiger partial charge on any atom is -0.493 e. The van der Waals surface area contributed by atoms with Gasteiger partial charge in [-0.15, -0.1) is 0 Å². The van der Waals surface area contributed by atoms with E-state index in [9.17, 15) is 14.4 Å². The van der Waals surface area contributed by atoms with E-state index in [-0.39, 0.29) is 43.3 Å². The van der Waals surface area contributed by atoms with Crippen LogP contribution in [0.15, 0.2) is 42.7 Å². The van der Waals surface area contributed by atoms with Crippen LogP contribution in [0.4, 0.5) is 5.69 Å². The number of nitrogens with one attached hydrogen (secondary N) is 1.